The zero-order valence-corrected chi connectivity index (χ0v) is 15.8. The molecule has 0 saturated heterocycles. The minimum Gasteiger partial charge on any atom is -0.846 e. The molecule has 0 radical (unpaired) electrons. The summed E-state index contributed by atoms with van der Waals surface area (Å²) >= 11 is 12.4. The predicted octanol–water partition coefficient (Wildman–Crippen LogP) is 4.61. The van der Waals surface area contributed by atoms with Crippen molar-refractivity contribution in [3.8, 4) is 11.3 Å². The largest absolute Gasteiger partial charge is 0.846 e. The fourth-order valence-electron chi connectivity index (χ4n) is 2.76. The van der Waals surface area contributed by atoms with Gasteiger partial charge in [-0.3, -0.25) is 15.1 Å². The van der Waals surface area contributed by atoms with Crippen LogP contribution in [-0.4, -0.2) is 17.3 Å². The molecular formula is C20H14Cl2N3O2-. The van der Waals surface area contributed by atoms with Crippen molar-refractivity contribution in [2.24, 2.45) is 0 Å². The second kappa shape index (κ2) is 7.78. The van der Waals surface area contributed by atoms with Gasteiger partial charge in [0.15, 0.2) is 6.29 Å². The van der Waals surface area contributed by atoms with Crippen molar-refractivity contribution in [2.75, 3.05) is 4.90 Å². The highest BCUT2D eigenvalue weighted by Crippen LogP contribution is 2.38. The topological polar surface area (TPSA) is 80.1 Å². The van der Waals surface area contributed by atoms with Crippen LogP contribution in [0.3, 0.4) is 0 Å². The van der Waals surface area contributed by atoms with Gasteiger partial charge < -0.3 is 5.11 Å². The van der Waals surface area contributed by atoms with Crippen LogP contribution in [0.1, 0.15) is 15.9 Å². The molecule has 0 aliphatic heterocycles. The number of pyridine rings is 1. The van der Waals surface area contributed by atoms with Gasteiger partial charge in [0.05, 0.1) is 27.4 Å². The molecule has 27 heavy (non-hydrogen) atoms. The molecule has 0 aliphatic rings. The second-order valence-electron chi connectivity index (χ2n) is 5.75. The van der Waals surface area contributed by atoms with E-state index in [1.165, 1.54) is 6.07 Å². The Morgan fingerprint density at radius 3 is 2.33 bits per heavy atom. The zero-order chi connectivity index (χ0) is 19.6. The molecule has 1 N–H and O–H groups in total. The summed E-state index contributed by atoms with van der Waals surface area (Å²) in [5.74, 6) is 0.147. The first-order valence-corrected chi connectivity index (χ1v) is 8.71. The number of para-hydroxylation sites is 1. The van der Waals surface area contributed by atoms with Gasteiger partial charge in [-0.25, -0.2) is 4.98 Å². The fourth-order valence-corrected chi connectivity index (χ4v) is 3.32. The summed E-state index contributed by atoms with van der Waals surface area (Å²) in [6.07, 6.45) is 0.702. The van der Waals surface area contributed by atoms with Crippen molar-refractivity contribution in [1.82, 2.24) is 4.98 Å². The first-order chi connectivity index (χ1) is 12.9. The van der Waals surface area contributed by atoms with Crippen LogP contribution in [-0.2, 0) is 0 Å². The maximum Gasteiger partial charge on any atom is 0.152 e. The first-order valence-electron chi connectivity index (χ1n) is 7.96. The molecule has 3 aromatic rings. The number of carbonyl (C=O) groups is 1. The monoisotopic (exact) mass is 398 g/mol. The Hall–Kier alpha value is -2.89. The zero-order valence-electron chi connectivity index (χ0n) is 14.2. The number of anilines is 2. The smallest absolute Gasteiger partial charge is 0.152 e. The molecule has 1 heterocycles. The van der Waals surface area contributed by atoms with E-state index < -0.39 is 6.02 Å². The average molecular weight is 399 g/mol. The van der Waals surface area contributed by atoms with E-state index in [4.69, 9.17) is 28.6 Å². The Bertz CT molecular complexity index is 1020. The normalized spacial score (nSPS) is 10.5. The van der Waals surface area contributed by atoms with Gasteiger partial charge >= 0.3 is 0 Å². The molecule has 0 atom stereocenters. The minimum absolute atomic E-state index is 0.147. The van der Waals surface area contributed by atoms with Crippen LogP contribution in [0.25, 0.3) is 11.3 Å². The van der Waals surface area contributed by atoms with Crippen LogP contribution in [0.15, 0.2) is 54.6 Å². The molecule has 1 aromatic heterocycles. The van der Waals surface area contributed by atoms with Crippen molar-refractivity contribution in [3.63, 3.8) is 0 Å². The minimum atomic E-state index is -1.05. The summed E-state index contributed by atoms with van der Waals surface area (Å²) < 4.78 is 0. The van der Waals surface area contributed by atoms with Crippen molar-refractivity contribution >= 4 is 47.0 Å². The molecule has 0 unspecified atom stereocenters. The first kappa shape index (κ1) is 18.9. The molecule has 0 saturated carbocycles. The highest BCUT2D eigenvalue weighted by molar-refractivity contribution is 6.40. The van der Waals surface area contributed by atoms with Gasteiger partial charge in [0, 0.05) is 11.1 Å². The molecule has 7 heteroatoms. The molecule has 136 valence electrons. The number of benzene rings is 2. The maximum atomic E-state index is 12.1. The van der Waals surface area contributed by atoms with Crippen molar-refractivity contribution in [2.45, 2.75) is 6.92 Å². The number of aromatic nitrogens is 1. The number of halogens is 2. The van der Waals surface area contributed by atoms with Crippen molar-refractivity contribution in [1.29, 1.82) is 5.41 Å². The van der Waals surface area contributed by atoms with Crippen LogP contribution < -0.4 is 10.0 Å². The third-order valence-corrected chi connectivity index (χ3v) is 4.64. The Morgan fingerprint density at radius 2 is 1.74 bits per heavy atom. The molecule has 0 spiro atoms. The highest BCUT2D eigenvalue weighted by Gasteiger charge is 2.19. The lowest BCUT2D eigenvalue weighted by Crippen LogP contribution is -2.36. The van der Waals surface area contributed by atoms with Gasteiger partial charge in [0.1, 0.15) is 5.82 Å². The van der Waals surface area contributed by atoms with E-state index in [2.05, 4.69) is 4.98 Å². The average Bonchev–Trinajstić information content (AvgIpc) is 2.64. The Kier molecular flexibility index (Phi) is 5.44. The molecule has 3 rings (SSSR count). The van der Waals surface area contributed by atoms with E-state index in [-0.39, 0.29) is 21.6 Å². The highest BCUT2D eigenvalue weighted by atomic mass is 35.5. The quantitative estimate of drug-likeness (QED) is 0.395. The number of nitrogens with one attached hydrogen (secondary N) is 1. The summed E-state index contributed by atoms with van der Waals surface area (Å²) in [6.45, 7) is 1.90. The lowest BCUT2D eigenvalue weighted by molar-refractivity contribution is -0.218. The lowest BCUT2D eigenvalue weighted by Gasteiger charge is -2.29. The van der Waals surface area contributed by atoms with E-state index in [1.54, 1.807) is 24.3 Å². The van der Waals surface area contributed by atoms with Gasteiger partial charge in [-0.2, -0.15) is 0 Å². The van der Waals surface area contributed by atoms with E-state index in [0.29, 0.717) is 17.5 Å². The number of aldehydes is 1. The summed E-state index contributed by atoms with van der Waals surface area (Å²) in [5.41, 5.74) is 2.63. The van der Waals surface area contributed by atoms with E-state index in [9.17, 15) is 9.90 Å². The van der Waals surface area contributed by atoms with Gasteiger partial charge in [-0.15, -0.1) is 0 Å². The number of rotatable bonds is 4. The standard InChI is InChI=1S/C20H15Cl2N3O2/c1-12-5-2-3-6-14(12)18-13(11-26)9-10-17(24-18)25(20(23)27)19-15(21)7-4-8-16(19)22/h2-11H,1H3,(H2,23,27)/p-1. The number of hydrogen-bond donors (Lipinski definition) is 1. The molecule has 0 amide bonds. The Balaban J connectivity index is 2.24. The predicted molar refractivity (Wildman–Crippen MR) is 106 cm³/mol. The Labute approximate surface area is 166 Å². The molecule has 0 aliphatic carbocycles. The van der Waals surface area contributed by atoms with Crippen LogP contribution in [0.4, 0.5) is 11.5 Å². The van der Waals surface area contributed by atoms with Crippen LogP contribution in [0.5, 0.6) is 0 Å². The summed E-state index contributed by atoms with van der Waals surface area (Å²) in [6, 6.07) is 14.2. The molecule has 0 bridgehead atoms. The molecule has 0 fully saturated rings. The maximum absolute atomic E-state index is 12.1. The van der Waals surface area contributed by atoms with Gasteiger partial charge in [0.2, 0.25) is 0 Å². The fraction of sp³-hybridized carbons (Fsp3) is 0.0500. The van der Waals surface area contributed by atoms with Gasteiger partial charge in [-0.1, -0.05) is 53.5 Å². The van der Waals surface area contributed by atoms with Gasteiger partial charge in [-0.05, 0) is 36.8 Å². The van der Waals surface area contributed by atoms with Crippen LogP contribution in [0, 0.1) is 12.3 Å². The van der Waals surface area contributed by atoms with E-state index in [1.807, 2.05) is 31.2 Å². The lowest BCUT2D eigenvalue weighted by atomic mass is 10.0. The van der Waals surface area contributed by atoms with Crippen LogP contribution in [0.2, 0.25) is 10.0 Å². The number of hydrogen-bond acceptors (Lipinski definition) is 4. The number of aryl methyl sites for hydroxylation is 1. The van der Waals surface area contributed by atoms with E-state index in [0.717, 1.165) is 16.0 Å². The van der Waals surface area contributed by atoms with Crippen molar-refractivity contribution in [3.05, 3.63) is 75.8 Å². The number of carbonyl (C=O) groups excluding carboxylic acids is 1. The van der Waals surface area contributed by atoms with E-state index >= 15 is 0 Å². The summed E-state index contributed by atoms with van der Waals surface area (Å²) in [7, 11) is 0. The number of amidine groups is 1. The third kappa shape index (κ3) is 3.65. The molecule has 2 aromatic carbocycles. The Morgan fingerprint density at radius 1 is 1.07 bits per heavy atom. The van der Waals surface area contributed by atoms with Crippen LogP contribution >= 0.6 is 23.2 Å². The summed E-state index contributed by atoms with van der Waals surface area (Å²) in [4.78, 5) is 17.0. The number of nitrogens with zero attached hydrogens (tertiary/aromatic N) is 2. The third-order valence-electron chi connectivity index (χ3n) is 4.03. The molecular weight excluding hydrogens is 385 g/mol. The SMILES string of the molecule is Cc1ccccc1-c1nc(N(C(=N)[O-])c2c(Cl)cccc2Cl)ccc1C=O. The van der Waals surface area contributed by atoms with Gasteiger partial charge in [0.25, 0.3) is 0 Å². The summed E-state index contributed by atoms with van der Waals surface area (Å²) in [5, 5.41) is 20.2. The molecule has 5 nitrogen and oxygen atoms in total. The van der Waals surface area contributed by atoms with Crippen molar-refractivity contribution < 1.29 is 9.90 Å². The second-order valence-corrected chi connectivity index (χ2v) is 6.57.